The molecule has 1 aromatic heterocycles. The van der Waals surface area contributed by atoms with Gasteiger partial charge in [-0.15, -0.1) is 0 Å². The quantitative estimate of drug-likeness (QED) is 0.624. The summed E-state index contributed by atoms with van der Waals surface area (Å²) in [6, 6.07) is 1.59. The summed E-state index contributed by atoms with van der Waals surface area (Å²) in [5, 5.41) is 5.03. The third-order valence-electron chi connectivity index (χ3n) is 3.90. The van der Waals surface area contributed by atoms with Crippen LogP contribution in [0.3, 0.4) is 0 Å². The highest BCUT2D eigenvalue weighted by molar-refractivity contribution is 7.91. The number of amides is 2. The van der Waals surface area contributed by atoms with Crippen molar-refractivity contribution < 1.29 is 32.0 Å². The zero-order chi connectivity index (χ0) is 19.3. The molecule has 0 aliphatic carbocycles. The van der Waals surface area contributed by atoms with Gasteiger partial charge in [0, 0.05) is 6.04 Å². The molecule has 2 amide bonds. The molecule has 2 unspecified atom stereocenters. The third-order valence-corrected chi connectivity index (χ3v) is 5.66. The van der Waals surface area contributed by atoms with Gasteiger partial charge in [0.25, 0.3) is 11.8 Å². The van der Waals surface area contributed by atoms with Crippen molar-refractivity contribution in [3.8, 4) is 0 Å². The first-order valence-electron chi connectivity index (χ1n) is 8.19. The summed E-state index contributed by atoms with van der Waals surface area (Å²) in [5.74, 6) is -2.19. The minimum absolute atomic E-state index is 0.0337. The van der Waals surface area contributed by atoms with Crippen LogP contribution >= 0.6 is 0 Å². The number of carbonyl (C=O) groups is 3. The van der Waals surface area contributed by atoms with Crippen molar-refractivity contribution in [2.75, 3.05) is 18.1 Å². The van der Waals surface area contributed by atoms with E-state index in [4.69, 9.17) is 9.15 Å². The molecule has 0 aromatic carbocycles. The molecule has 1 aliphatic rings. The van der Waals surface area contributed by atoms with Gasteiger partial charge >= 0.3 is 5.97 Å². The number of hydrogen-bond donors (Lipinski definition) is 2. The molecule has 1 fully saturated rings. The Kier molecular flexibility index (Phi) is 6.41. The van der Waals surface area contributed by atoms with E-state index in [9.17, 15) is 22.8 Å². The zero-order valence-corrected chi connectivity index (χ0v) is 15.4. The molecule has 10 heteroatoms. The number of rotatable bonds is 7. The first kappa shape index (κ1) is 20.0. The fourth-order valence-electron chi connectivity index (χ4n) is 2.52. The first-order chi connectivity index (χ1) is 12.2. The molecule has 1 saturated heterocycles. The highest BCUT2D eigenvalue weighted by atomic mass is 32.2. The van der Waals surface area contributed by atoms with Crippen LogP contribution in [0.5, 0.6) is 0 Å². The Hall–Kier alpha value is -2.36. The van der Waals surface area contributed by atoms with E-state index in [-0.39, 0.29) is 23.2 Å². The minimum Gasteiger partial charge on any atom is -0.459 e. The lowest BCUT2D eigenvalue weighted by atomic mass is 10.0. The van der Waals surface area contributed by atoms with Gasteiger partial charge < -0.3 is 19.8 Å². The summed E-state index contributed by atoms with van der Waals surface area (Å²) in [5.41, 5.74) is 0. The molecule has 0 saturated carbocycles. The summed E-state index contributed by atoms with van der Waals surface area (Å²) in [4.78, 5) is 36.0. The topological polar surface area (TPSA) is 132 Å². The zero-order valence-electron chi connectivity index (χ0n) is 14.6. The molecule has 0 bridgehead atoms. The van der Waals surface area contributed by atoms with Crippen LogP contribution in [0, 0.1) is 5.92 Å². The Balaban J connectivity index is 1.83. The summed E-state index contributed by atoms with van der Waals surface area (Å²) < 4.78 is 32.7. The maximum Gasteiger partial charge on any atom is 0.329 e. The van der Waals surface area contributed by atoms with Crippen molar-refractivity contribution in [3.05, 3.63) is 24.2 Å². The number of carbonyl (C=O) groups excluding carboxylic acids is 3. The average Bonchev–Trinajstić information content (AvgIpc) is 3.19. The normalized spacial score (nSPS) is 19.7. The van der Waals surface area contributed by atoms with E-state index in [1.54, 1.807) is 19.9 Å². The van der Waals surface area contributed by atoms with Gasteiger partial charge in [-0.25, -0.2) is 13.2 Å². The first-order valence-corrected chi connectivity index (χ1v) is 10.0. The second-order valence-corrected chi connectivity index (χ2v) is 8.68. The lowest BCUT2D eigenvalue weighted by Crippen LogP contribution is -2.46. The van der Waals surface area contributed by atoms with E-state index in [0.29, 0.717) is 6.42 Å². The summed E-state index contributed by atoms with van der Waals surface area (Å²) in [6.07, 6.45) is 1.68. The van der Waals surface area contributed by atoms with Gasteiger partial charge in [-0.3, -0.25) is 9.59 Å². The number of nitrogens with one attached hydrogen (secondary N) is 2. The standard InChI is InChI=1S/C16H22N2O7S/c1-10(2)14(18-15(20)12-4-3-6-24-12)16(21)25-8-13(19)17-11-5-7-26(22,23)9-11/h3-4,6,10-11,14H,5,7-9H2,1-2H3,(H,17,19)(H,18,20). The van der Waals surface area contributed by atoms with Crippen LogP contribution in [-0.4, -0.2) is 56.4 Å². The molecule has 2 atom stereocenters. The maximum absolute atomic E-state index is 12.2. The Morgan fingerprint density at radius 1 is 1.35 bits per heavy atom. The molecular weight excluding hydrogens is 364 g/mol. The number of hydrogen-bond acceptors (Lipinski definition) is 7. The van der Waals surface area contributed by atoms with Gasteiger partial charge in [0.05, 0.1) is 17.8 Å². The predicted octanol–water partition coefficient (Wildman–Crippen LogP) is -0.119. The average molecular weight is 386 g/mol. The van der Waals surface area contributed by atoms with Crippen molar-refractivity contribution in [1.82, 2.24) is 10.6 Å². The van der Waals surface area contributed by atoms with Gasteiger partial charge in [0.2, 0.25) is 0 Å². The highest BCUT2D eigenvalue weighted by Gasteiger charge is 2.30. The van der Waals surface area contributed by atoms with E-state index in [1.807, 2.05) is 0 Å². The van der Waals surface area contributed by atoms with Gasteiger partial charge in [-0.05, 0) is 24.5 Å². The smallest absolute Gasteiger partial charge is 0.329 e. The largest absolute Gasteiger partial charge is 0.459 e. The van der Waals surface area contributed by atoms with Crippen LogP contribution in [0.4, 0.5) is 0 Å². The van der Waals surface area contributed by atoms with E-state index in [2.05, 4.69) is 10.6 Å². The summed E-state index contributed by atoms with van der Waals surface area (Å²) >= 11 is 0. The summed E-state index contributed by atoms with van der Waals surface area (Å²) in [6.45, 7) is 2.89. The van der Waals surface area contributed by atoms with Crippen LogP contribution in [0.1, 0.15) is 30.8 Å². The Bertz CT molecular complexity index is 756. The number of sulfone groups is 1. The van der Waals surface area contributed by atoms with Gasteiger partial charge in [-0.2, -0.15) is 0 Å². The molecular formula is C16H22N2O7S. The van der Waals surface area contributed by atoms with Crippen molar-refractivity contribution in [2.24, 2.45) is 5.92 Å². The van der Waals surface area contributed by atoms with Crippen molar-refractivity contribution in [1.29, 1.82) is 0 Å². The molecule has 0 spiro atoms. The SMILES string of the molecule is CC(C)C(NC(=O)c1ccco1)C(=O)OCC(=O)NC1CCS(=O)(=O)C1. The molecule has 2 N–H and O–H groups in total. The molecule has 26 heavy (non-hydrogen) atoms. The highest BCUT2D eigenvalue weighted by Crippen LogP contribution is 2.11. The molecule has 2 heterocycles. The number of furan rings is 1. The summed E-state index contributed by atoms with van der Waals surface area (Å²) in [7, 11) is -3.11. The predicted molar refractivity (Wildman–Crippen MR) is 91.0 cm³/mol. The van der Waals surface area contributed by atoms with Gasteiger partial charge in [0.15, 0.2) is 22.2 Å². The molecule has 0 radical (unpaired) electrons. The van der Waals surface area contributed by atoms with Gasteiger partial charge in [-0.1, -0.05) is 13.8 Å². The molecule has 1 aliphatic heterocycles. The Morgan fingerprint density at radius 3 is 2.62 bits per heavy atom. The molecule has 1 aromatic rings. The monoisotopic (exact) mass is 386 g/mol. The van der Waals surface area contributed by atoms with Crippen LogP contribution in [0.15, 0.2) is 22.8 Å². The Labute approximate surface area is 151 Å². The molecule has 144 valence electrons. The van der Waals surface area contributed by atoms with Gasteiger partial charge in [0.1, 0.15) is 6.04 Å². The van der Waals surface area contributed by atoms with E-state index in [1.165, 1.54) is 12.3 Å². The van der Waals surface area contributed by atoms with Crippen LogP contribution < -0.4 is 10.6 Å². The second kappa shape index (κ2) is 8.35. The van der Waals surface area contributed by atoms with Crippen LogP contribution in [-0.2, 0) is 24.2 Å². The fourth-order valence-corrected chi connectivity index (χ4v) is 4.20. The molecule has 2 rings (SSSR count). The number of ether oxygens (including phenoxy) is 1. The van der Waals surface area contributed by atoms with Crippen molar-refractivity contribution >= 4 is 27.6 Å². The molecule has 9 nitrogen and oxygen atoms in total. The number of esters is 1. The van der Waals surface area contributed by atoms with E-state index in [0.717, 1.165) is 0 Å². The second-order valence-electron chi connectivity index (χ2n) is 6.45. The lowest BCUT2D eigenvalue weighted by Gasteiger charge is -2.20. The van der Waals surface area contributed by atoms with Crippen LogP contribution in [0.25, 0.3) is 0 Å². The van der Waals surface area contributed by atoms with Crippen molar-refractivity contribution in [2.45, 2.75) is 32.4 Å². The maximum atomic E-state index is 12.2. The fraction of sp³-hybridized carbons (Fsp3) is 0.562. The van der Waals surface area contributed by atoms with E-state index >= 15 is 0 Å². The third kappa shape index (κ3) is 5.58. The van der Waals surface area contributed by atoms with Crippen LogP contribution in [0.2, 0.25) is 0 Å². The minimum atomic E-state index is -3.11. The lowest BCUT2D eigenvalue weighted by molar-refractivity contribution is -0.151. The Morgan fingerprint density at radius 2 is 2.08 bits per heavy atom. The van der Waals surface area contributed by atoms with E-state index < -0.39 is 46.3 Å². The van der Waals surface area contributed by atoms with Crippen molar-refractivity contribution in [3.63, 3.8) is 0 Å².